The molecule has 0 bridgehead atoms. The van der Waals surface area contributed by atoms with Crippen molar-refractivity contribution >= 4 is 23.9 Å². The first-order chi connectivity index (χ1) is 34.6. The third-order valence-corrected chi connectivity index (χ3v) is 11.3. The van der Waals surface area contributed by atoms with E-state index in [2.05, 4.69) is 118 Å². The fourth-order valence-electron chi connectivity index (χ4n) is 7.25. The van der Waals surface area contributed by atoms with Crippen LogP contribution in [0.3, 0.4) is 0 Å². The normalized spacial score (nSPS) is 19.4. The second-order valence-electron chi connectivity index (χ2n) is 17.7. The number of aliphatic hydroxyl groups is 2. The third kappa shape index (κ3) is 36.9. The van der Waals surface area contributed by atoms with Crippen molar-refractivity contribution in [2.75, 3.05) is 13.2 Å². The minimum absolute atomic E-state index is 0.0286. The Morgan fingerprint density at radius 3 is 1.42 bits per heavy atom. The molecule has 0 spiro atoms. The Kier molecular flexibility index (Phi) is 42.1. The van der Waals surface area contributed by atoms with Gasteiger partial charge in [0.05, 0.1) is 6.61 Å². The lowest BCUT2D eigenvalue weighted by atomic mass is 9.98. The van der Waals surface area contributed by atoms with Gasteiger partial charge in [0.2, 0.25) is 0 Å². The van der Waals surface area contributed by atoms with E-state index in [0.717, 1.165) is 109 Å². The van der Waals surface area contributed by atoms with Gasteiger partial charge >= 0.3 is 23.9 Å². The number of hydrogen-bond acceptors (Lipinski definition) is 11. The average Bonchev–Trinajstić information content (AvgIpc) is 3.35. The van der Waals surface area contributed by atoms with Gasteiger partial charge in [-0.05, 0) is 109 Å². The quantitative estimate of drug-likeness (QED) is 0.0229. The van der Waals surface area contributed by atoms with Gasteiger partial charge in [-0.25, -0.2) is 4.79 Å². The monoisotopic (exact) mass is 993 g/mol. The first kappa shape index (κ1) is 64.4. The lowest BCUT2D eigenvalue weighted by Gasteiger charge is -2.40. The molecule has 12 heteroatoms. The third-order valence-electron chi connectivity index (χ3n) is 11.3. The molecule has 1 heterocycles. The Labute approximate surface area is 427 Å². The van der Waals surface area contributed by atoms with Gasteiger partial charge in [0, 0.05) is 19.3 Å². The Morgan fingerprint density at radius 1 is 0.479 bits per heavy atom. The number of rotatable bonds is 43. The molecule has 71 heavy (non-hydrogen) atoms. The summed E-state index contributed by atoms with van der Waals surface area (Å²) >= 11 is 0. The summed E-state index contributed by atoms with van der Waals surface area (Å²) in [5.74, 6) is -3.31. The van der Waals surface area contributed by atoms with Gasteiger partial charge in [-0.15, -0.1) is 0 Å². The highest BCUT2D eigenvalue weighted by Crippen LogP contribution is 2.26. The minimum Gasteiger partial charge on any atom is -0.479 e. The van der Waals surface area contributed by atoms with Crippen molar-refractivity contribution in [1.29, 1.82) is 0 Å². The molecule has 6 atom stereocenters. The van der Waals surface area contributed by atoms with E-state index in [4.69, 9.17) is 23.7 Å². The number of ether oxygens (including phenoxy) is 5. The lowest BCUT2D eigenvalue weighted by molar-refractivity contribution is -0.301. The van der Waals surface area contributed by atoms with Crippen LogP contribution in [-0.4, -0.2) is 89.2 Å². The molecule has 0 aromatic heterocycles. The molecular formula is C59H92O12. The van der Waals surface area contributed by atoms with Gasteiger partial charge in [-0.2, -0.15) is 0 Å². The summed E-state index contributed by atoms with van der Waals surface area (Å²) in [6.07, 6.45) is 49.5. The number of aliphatic hydroxyl groups excluding tert-OH is 2. The van der Waals surface area contributed by atoms with Crippen molar-refractivity contribution in [1.82, 2.24) is 0 Å². The molecule has 0 saturated carbocycles. The van der Waals surface area contributed by atoms with E-state index in [1.807, 2.05) is 12.2 Å². The SMILES string of the molecule is CC/C=C\C/C=C\C/C=C\C/C=C\CCC(=O)OCC(COC1OC(C(=O)O)C(O)C(O)C1OC(=O)CCCCCCC/C=C\C/C=C\CCCCC)OC(=O)CCCCC/C=C\C/C=C\C/C=C\CC. The number of unbranched alkanes of at least 4 members (excludes halogenated alkanes) is 11. The summed E-state index contributed by atoms with van der Waals surface area (Å²) in [7, 11) is 0. The number of esters is 3. The Hall–Kier alpha value is -4.62. The number of carboxylic acid groups (broad SMARTS) is 1. The van der Waals surface area contributed by atoms with Crippen LogP contribution in [0, 0.1) is 0 Å². The van der Waals surface area contributed by atoms with E-state index >= 15 is 0 Å². The summed E-state index contributed by atoms with van der Waals surface area (Å²) in [4.78, 5) is 50.9. The number of carboxylic acids is 1. The summed E-state index contributed by atoms with van der Waals surface area (Å²) < 4.78 is 28.2. The van der Waals surface area contributed by atoms with Crippen molar-refractivity contribution in [3.8, 4) is 0 Å². The maximum Gasteiger partial charge on any atom is 0.335 e. The van der Waals surface area contributed by atoms with Crippen molar-refractivity contribution in [3.05, 3.63) is 109 Å². The van der Waals surface area contributed by atoms with Crippen molar-refractivity contribution < 1.29 is 58.2 Å². The Balaban J connectivity index is 2.80. The molecule has 12 nitrogen and oxygen atoms in total. The summed E-state index contributed by atoms with van der Waals surface area (Å²) in [5.41, 5.74) is 0. The number of carbonyl (C=O) groups is 4. The zero-order chi connectivity index (χ0) is 51.8. The average molecular weight is 993 g/mol. The van der Waals surface area contributed by atoms with Crippen LogP contribution in [0.15, 0.2) is 109 Å². The standard InChI is InChI=1S/C59H92O12/c1-4-7-10-13-16-19-22-25-26-29-32-35-38-41-44-47-53(62)70-57-55(64)54(63)56(58(65)66)71-59(57)68-49-50(69-52(61)46-43-40-37-34-31-28-24-21-18-15-12-9-6-3)48-67-51(60)45-42-39-36-33-30-27-23-20-17-14-11-8-5-2/h8-9,11-12,16-21,25-28,30-31,36,39,50,54-57,59,63-64H,4-7,10,13-15,22-24,29,32-35,37-38,40-49H2,1-3H3,(H,65,66)/b11-8-,12-9-,19-16-,20-17-,21-18-,26-25-,30-27-,31-28-,39-36-. The molecule has 0 aromatic carbocycles. The topological polar surface area (TPSA) is 175 Å². The molecular weight excluding hydrogens is 901 g/mol. The highest BCUT2D eigenvalue weighted by molar-refractivity contribution is 5.74. The number of aliphatic carboxylic acids is 1. The summed E-state index contributed by atoms with van der Waals surface area (Å²) in [6.45, 7) is 5.60. The van der Waals surface area contributed by atoms with E-state index in [9.17, 15) is 34.5 Å². The van der Waals surface area contributed by atoms with Crippen LogP contribution >= 0.6 is 0 Å². The Morgan fingerprint density at radius 2 is 0.915 bits per heavy atom. The summed E-state index contributed by atoms with van der Waals surface area (Å²) in [5, 5.41) is 31.4. The zero-order valence-corrected chi connectivity index (χ0v) is 43.7. The van der Waals surface area contributed by atoms with Gasteiger partial charge in [-0.1, -0.05) is 169 Å². The highest BCUT2D eigenvalue weighted by atomic mass is 16.7. The number of carbonyl (C=O) groups excluding carboxylic acids is 3. The fraction of sp³-hybridized carbons (Fsp3) is 0.627. The van der Waals surface area contributed by atoms with E-state index < -0.39 is 67.3 Å². The molecule has 0 aromatic rings. The fourth-order valence-corrected chi connectivity index (χ4v) is 7.25. The molecule has 400 valence electrons. The molecule has 1 aliphatic rings. The van der Waals surface area contributed by atoms with Crippen molar-refractivity contribution in [2.24, 2.45) is 0 Å². The first-order valence-corrected chi connectivity index (χ1v) is 26.9. The smallest absolute Gasteiger partial charge is 0.335 e. The molecule has 6 unspecified atom stereocenters. The van der Waals surface area contributed by atoms with E-state index in [1.165, 1.54) is 19.3 Å². The van der Waals surface area contributed by atoms with Crippen LogP contribution < -0.4 is 0 Å². The molecule has 0 amide bonds. The maximum absolute atomic E-state index is 13.1. The van der Waals surface area contributed by atoms with Gasteiger partial charge in [0.1, 0.15) is 18.8 Å². The molecule has 0 aliphatic carbocycles. The second kappa shape index (κ2) is 46.5. The van der Waals surface area contributed by atoms with Crippen LogP contribution in [0.1, 0.15) is 188 Å². The van der Waals surface area contributed by atoms with Crippen molar-refractivity contribution in [2.45, 2.75) is 225 Å². The molecule has 1 aliphatic heterocycles. The lowest BCUT2D eigenvalue weighted by Crippen LogP contribution is -2.61. The van der Waals surface area contributed by atoms with Crippen LogP contribution in [0.5, 0.6) is 0 Å². The molecule has 1 saturated heterocycles. The number of hydrogen-bond donors (Lipinski definition) is 3. The van der Waals surface area contributed by atoms with Gasteiger partial charge < -0.3 is 39.0 Å². The number of allylic oxidation sites excluding steroid dienone is 18. The zero-order valence-electron chi connectivity index (χ0n) is 43.7. The van der Waals surface area contributed by atoms with Gasteiger partial charge in [0.15, 0.2) is 24.6 Å². The van der Waals surface area contributed by atoms with Gasteiger partial charge in [0.25, 0.3) is 0 Å². The molecule has 3 N–H and O–H groups in total. The molecule has 0 radical (unpaired) electrons. The van der Waals surface area contributed by atoms with Crippen LogP contribution in [-0.2, 0) is 42.9 Å². The van der Waals surface area contributed by atoms with E-state index in [0.29, 0.717) is 19.3 Å². The van der Waals surface area contributed by atoms with Crippen LogP contribution in [0.4, 0.5) is 0 Å². The van der Waals surface area contributed by atoms with Crippen LogP contribution in [0.25, 0.3) is 0 Å². The minimum atomic E-state index is -1.92. The van der Waals surface area contributed by atoms with E-state index in [1.54, 1.807) is 0 Å². The second-order valence-corrected chi connectivity index (χ2v) is 17.7. The van der Waals surface area contributed by atoms with Crippen molar-refractivity contribution in [3.63, 3.8) is 0 Å². The predicted octanol–water partition coefficient (Wildman–Crippen LogP) is 13.1. The van der Waals surface area contributed by atoms with Gasteiger partial charge in [-0.3, -0.25) is 14.4 Å². The maximum atomic E-state index is 13.1. The van der Waals surface area contributed by atoms with E-state index in [-0.39, 0.29) is 25.9 Å². The van der Waals surface area contributed by atoms with Crippen LogP contribution in [0.2, 0.25) is 0 Å². The predicted molar refractivity (Wildman–Crippen MR) is 284 cm³/mol. The molecule has 1 fully saturated rings. The Bertz CT molecular complexity index is 1650. The highest BCUT2D eigenvalue weighted by Gasteiger charge is 2.50. The molecule has 1 rings (SSSR count). The first-order valence-electron chi connectivity index (χ1n) is 26.9. The summed E-state index contributed by atoms with van der Waals surface area (Å²) in [6, 6.07) is 0. The largest absolute Gasteiger partial charge is 0.479 e.